The van der Waals surface area contributed by atoms with Crippen LogP contribution in [0.1, 0.15) is 67.2 Å². The summed E-state index contributed by atoms with van der Waals surface area (Å²) in [7, 11) is 0. The molecule has 2 saturated heterocycles. The number of halogens is 1. The number of H-pyrrole nitrogens is 2. The molecule has 4 aromatic heterocycles. The van der Waals surface area contributed by atoms with Gasteiger partial charge in [-0.1, -0.05) is 11.6 Å². The number of nitrogens with zero attached hydrogens (tertiary/aromatic N) is 3. The van der Waals surface area contributed by atoms with Gasteiger partial charge in [-0.2, -0.15) is 0 Å². The maximum atomic E-state index is 11.9. The van der Waals surface area contributed by atoms with Crippen molar-refractivity contribution in [2.45, 2.75) is 90.5 Å². The molecule has 256 valence electrons. The van der Waals surface area contributed by atoms with Crippen LogP contribution in [0.3, 0.4) is 0 Å². The monoisotopic (exact) mass is 668 g/mol. The van der Waals surface area contributed by atoms with Gasteiger partial charge >= 0.3 is 12.2 Å². The molecule has 0 spiro atoms. The van der Waals surface area contributed by atoms with Gasteiger partial charge < -0.3 is 40.3 Å². The summed E-state index contributed by atoms with van der Waals surface area (Å²) >= 11 is 5.84. The second kappa shape index (κ2) is 16.2. The summed E-state index contributed by atoms with van der Waals surface area (Å²) in [6, 6.07) is 8.24. The largest absolute Gasteiger partial charge is 0.444 e. The fourth-order valence-electron chi connectivity index (χ4n) is 5.33. The number of anilines is 1. The van der Waals surface area contributed by atoms with Crippen molar-refractivity contribution in [3.8, 4) is 0 Å². The van der Waals surface area contributed by atoms with Crippen LogP contribution in [0.5, 0.6) is 0 Å². The first-order valence-corrected chi connectivity index (χ1v) is 16.6. The van der Waals surface area contributed by atoms with Crippen LogP contribution in [0, 0.1) is 0 Å². The Morgan fingerprint density at radius 3 is 1.79 bits per heavy atom. The summed E-state index contributed by atoms with van der Waals surface area (Å²) in [6.07, 6.45) is 10.4. The smallest absolute Gasteiger partial charge is 0.407 e. The number of hydrogen-bond donors (Lipinski definition) is 5. The summed E-state index contributed by atoms with van der Waals surface area (Å²) in [5.74, 6) is 0. The molecule has 0 saturated carbocycles. The van der Waals surface area contributed by atoms with Crippen LogP contribution in [-0.2, 0) is 9.47 Å². The molecule has 0 bridgehead atoms. The van der Waals surface area contributed by atoms with Gasteiger partial charge in [0.1, 0.15) is 22.5 Å². The van der Waals surface area contributed by atoms with Gasteiger partial charge in [0.05, 0.1) is 5.02 Å². The van der Waals surface area contributed by atoms with Crippen LogP contribution in [0.4, 0.5) is 15.3 Å². The van der Waals surface area contributed by atoms with Crippen molar-refractivity contribution < 1.29 is 19.1 Å². The zero-order valence-electron chi connectivity index (χ0n) is 28.3. The van der Waals surface area contributed by atoms with Crippen molar-refractivity contribution >= 4 is 51.5 Å². The zero-order chi connectivity index (χ0) is 34.0. The average Bonchev–Trinajstić information content (AvgIpc) is 3.68. The highest BCUT2D eigenvalue weighted by atomic mass is 35.5. The highest BCUT2D eigenvalue weighted by Gasteiger charge is 2.25. The first-order valence-electron chi connectivity index (χ1n) is 16.2. The van der Waals surface area contributed by atoms with E-state index < -0.39 is 11.2 Å². The minimum Gasteiger partial charge on any atom is -0.444 e. The molecule has 2 amide bonds. The molecule has 12 nitrogen and oxygen atoms in total. The fraction of sp³-hybridized carbons (Fsp3) is 0.529. The van der Waals surface area contributed by atoms with Gasteiger partial charge in [0.2, 0.25) is 0 Å². The van der Waals surface area contributed by atoms with Crippen LogP contribution in [-0.4, -0.2) is 81.6 Å². The average molecular weight is 669 g/mol. The molecule has 2 aliphatic heterocycles. The van der Waals surface area contributed by atoms with Gasteiger partial charge in [0, 0.05) is 66.4 Å². The molecule has 6 heterocycles. The molecular formula is C34H49ClN8O4. The second-order valence-electron chi connectivity index (χ2n) is 13.7. The lowest BCUT2D eigenvalue weighted by atomic mass is 10.0. The molecule has 0 aliphatic carbocycles. The zero-order valence-corrected chi connectivity index (χ0v) is 29.0. The molecule has 0 aromatic carbocycles. The Morgan fingerprint density at radius 2 is 1.26 bits per heavy atom. The topological polar surface area (TPSA) is 149 Å². The number of fused-ring (bicyclic) bond motifs is 2. The van der Waals surface area contributed by atoms with Crippen LogP contribution < -0.4 is 20.9 Å². The molecule has 0 atom stereocenters. The summed E-state index contributed by atoms with van der Waals surface area (Å²) in [5.41, 5.74) is 2.09. The number of aromatic nitrogens is 4. The van der Waals surface area contributed by atoms with Gasteiger partial charge in [-0.25, -0.2) is 19.6 Å². The number of pyridine rings is 2. The third-order valence-electron chi connectivity index (χ3n) is 7.46. The number of hydrogen-bond acceptors (Lipinski definition) is 8. The predicted octanol–water partition coefficient (Wildman–Crippen LogP) is 6.54. The van der Waals surface area contributed by atoms with E-state index in [0.29, 0.717) is 0 Å². The third-order valence-corrected chi connectivity index (χ3v) is 7.79. The van der Waals surface area contributed by atoms with Crippen molar-refractivity contribution in [1.29, 1.82) is 0 Å². The lowest BCUT2D eigenvalue weighted by Gasteiger charge is -2.34. The number of carbonyl (C=O) groups is 2. The number of carbonyl (C=O) groups excluding carboxylic acids is 2. The van der Waals surface area contributed by atoms with E-state index in [0.717, 1.165) is 79.0 Å². The Morgan fingerprint density at radius 1 is 0.766 bits per heavy atom. The lowest BCUT2D eigenvalue weighted by molar-refractivity contribution is 0.0484. The van der Waals surface area contributed by atoms with E-state index in [4.69, 9.17) is 21.1 Å². The highest BCUT2D eigenvalue weighted by Crippen LogP contribution is 2.27. The summed E-state index contributed by atoms with van der Waals surface area (Å²) in [4.78, 5) is 40.1. The van der Waals surface area contributed by atoms with E-state index in [9.17, 15) is 9.59 Å². The molecule has 2 fully saturated rings. The predicted molar refractivity (Wildman–Crippen MR) is 187 cm³/mol. The molecule has 0 radical (unpaired) electrons. The molecule has 0 unspecified atom stereocenters. The molecule has 5 N–H and O–H groups in total. The van der Waals surface area contributed by atoms with Gasteiger partial charge in [-0.3, -0.25) is 0 Å². The normalized spacial score (nSPS) is 16.0. The van der Waals surface area contributed by atoms with Crippen LogP contribution in [0.25, 0.3) is 22.1 Å². The number of ether oxygens (including phenoxy) is 2. The fourth-order valence-corrected chi connectivity index (χ4v) is 5.54. The number of aromatic amines is 2. The van der Waals surface area contributed by atoms with E-state index in [2.05, 4.69) is 52.9 Å². The SMILES string of the molecule is CC(C)(C)OC(=O)NC1CCN(c2ccnc3[nH]ccc23)CC1.CC(C)(C)OC(=O)NC1CCNCC1.Clc1ccnc2[nH]ccc12. The minimum atomic E-state index is -0.457. The maximum absolute atomic E-state index is 11.9. The van der Waals surface area contributed by atoms with Crippen LogP contribution >= 0.6 is 11.6 Å². The third kappa shape index (κ3) is 11.6. The molecule has 47 heavy (non-hydrogen) atoms. The summed E-state index contributed by atoms with van der Waals surface area (Å²) < 4.78 is 10.5. The van der Waals surface area contributed by atoms with E-state index >= 15 is 0 Å². The number of nitrogens with one attached hydrogen (secondary N) is 5. The maximum Gasteiger partial charge on any atom is 0.407 e. The highest BCUT2D eigenvalue weighted by molar-refractivity contribution is 6.35. The Kier molecular flexibility index (Phi) is 12.3. The molecule has 13 heteroatoms. The molecule has 6 rings (SSSR count). The van der Waals surface area contributed by atoms with E-state index in [1.54, 1.807) is 12.3 Å². The van der Waals surface area contributed by atoms with Crippen molar-refractivity contribution in [3.63, 3.8) is 0 Å². The van der Waals surface area contributed by atoms with Crippen molar-refractivity contribution in [1.82, 2.24) is 35.9 Å². The van der Waals surface area contributed by atoms with Gasteiger partial charge in [0.25, 0.3) is 0 Å². The van der Waals surface area contributed by atoms with Crippen molar-refractivity contribution in [2.24, 2.45) is 0 Å². The Labute approximate surface area is 281 Å². The Balaban J connectivity index is 0.000000176. The van der Waals surface area contributed by atoms with Gasteiger partial charge in [-0.05, 0) is 105 Å². The number of rotatable bonds is 3. The number of piperidine rings is 2. The first-order chi connectivity index (χ1) is 22.3. The first kappa shape index (κ1) is 35.8. The summed E-state index contributed by atoms with van der Waals surface area (Å²) in [5, 5.41) is 12.0. The Bertz CT molecular complexity index is 1580. The Hall–Kier alpha value is -4.03. The van der Waals surface area contributed by atoms with E-state index in [-0.39, 0.29) is 24.3 Å². The molecule has 2 aliphatic rings. The van der Waals surface area contributed by atoms with E-state index in [1.165, 1.54) is 5.69 Å². The standard InChI is InChI=1S/C17H24N4O2.C10H20N2O2.C7H5ClN2/c1-17(2,3)23-16(22)20-12-6-10-21(11-7-12)14-5-9-19-15-13(14)4-8-18-15;1-10(2,3)14-9(13)12-8-4-6-11-7-5-8;8-6-2-4-10-7-5(6)1-3-9-7/h4-5,8-9,12H,6-7,10-11H2,1-3H3,(H,18,19)(H,20,22);8,11H,4-7H2,1-3H3,(H,12,13);1-4H,(H,9,10). The van der Waals surface area contributed by atoms with Crippen molar-refractivity contribution in [2.75, 3.05) is 31.1 Å². The van der Waals surface area contributed by atoms with Gasteiger partial charge in [-0.15, -0.1) is 0 Å². The van der Waals surface area contributed by atoms with Crippen LogP contribution in [0.15, 0.2) is 49.1 Å². The lowest BCUT2D eigenvalue weighted by Crippen LogP contribution is -2.46. The van der Waals surface area contributed by atoms with Crippen molar-refractivity contribution in [3.05, 3.63) is 54.1 Å². The number of amides is 2. The van der Waals surface area contributed by atoms with E-state index in [1.807, 2.05) is 66.2 Å². The van der Waals surface area contributed by atoms with Crippen LogP contribution in [0.2, 0.25) is 5.02 Å². The van der Waals surface area contributed by atoms with Gasteiger partial charge in [0.15, 0.2) is 0 Å². The number of alkyl carbamates (subject to hydrolysis) is 2. The second-order valence-corrected chi connectivity index (χ2v) is 14.1. The summed E-state index contributed by atoms with van der Waals surface area (Å²) in [6.45, 7) is 15.0. The molecule has 4 aromatic rings. The quantitative estimate of drug-likeness (QED) is 0.165. The molecular weight excluding hydrogens is 620 g/mol. The minimum absolute atomic E-state index is 0.171.